The van der Waals surface area contributed by atoms with Gasteiger partial charge >= 0.3 is 5.69 Å². The highest BCUT2D eigenvalue weighted by Gasteiger charge is 2.23. The molecule has 158 valence electrons. The second-order valence-corrected chi connectivity index (χ2v) is 8.31. The van der Waals surface area contributed by atoms with E-state index in [2.05, 4.69) is 44.8 Å². The van der Waals surface area contributed by atoms with Crippen LogP contribution in [0.4, 0.5) is 17.3 Å². The van der Waals surface area contributed by atoms with Crippen LogP contribution in [0.3, 0.4) is 0 Å². The number of nitrogens with one attached hydrogen (secondary N) is 2. The number of anilines is 3. The topological polar surface area (TPSA) is 80.0 Å². The third-order valence-electron chi connectivity index (χ3n) is 6.38. The fraction of sp³-hybridized carbons (Fsp3) is 0.500. The number of aryl methyl sites for hydroxylation is 1. The highest BCUT2D eigenvalue weighted by atomic mass is 16.1. The first-order valence-electron chi connectivity index (χ1n) is 11.0. The van der Waals surface area contributed by atoms with Crippen molar-refractivity contribution in [3.05, 3.63) is 40.9 Å². The predicted molar refractivity (Wildman–Crippen MR) is 120 cm³/mol. The Hall–Kier alpha value is -2.87. The molecule has 1 aliphatic carbocycles. The van der Waals surface area contributed by atoms with Gasteiger partial charge in [-0.15, -0.1) is 0 Å². The molecule has 1 saturated carbocycles. The highest BCUT2D eigenvalue weighted by molar-refractivity contribution is 5.73. The lowest BCUT2D eigenvalue weighted by Gasteiger charge is -2.29. The van der Waals surface area contributed by atoms with Crippen molar-refractivity contribution < 1.29 is 0 Å². The fourth-order valence-corrected chi connectivity index (χ4v) is 4.67. The summed E-state index contributed by atoms with van der Waals surface area (Å²) in [5.41, 5.74) is 3.68. The molecule has 0 unspecified atom stereocenters. The first-order chi connectivity index (χ1) is 14.7. The zero-order valence-electron chi connectivity index (χ0n) is 17.5. The van der Waals surface area contributed by atoms with Crippen LogP contribution in [-0.4, -0.2) is 45.3 Å². The van der Waals surface area contributed by atoms with E-state index in [-0.39, 0.29) is 11.7 Å². The summed E-state index contributed by atoms with van der Waals surface area (Å²) < 4.78 is 3.55. The molecule has 1 aromatic carbocycles. The van der Waals surface area contributed by atoms with Crippen molar-refractivity contribution in [2.45, 2.75) is 38.1 Å². The summed E-state index contributed by atoms with van der Waals surface area (Å²) in [6, 6.07) is 8.61. The van der Waals surface area contributed by atoms with Crippen LogP contribution >= 0.6 is 0 Å². The Morgan fingerprint density at radius 1 is 1.07 bits per heavy atom. The fourth-order valence-electron chi connectivity index (χ4n) is 4.67. The number of piperazine rings is 1. The van der Waals surface area contributed by atoms with Gasteiger partial charge in [-0.05, 0) is 37.1 Å². The second kappa shape index (κ2) is 8.10. The van der Waals surface area contributed by atoms with Gasteiger partial charge in [-0.2, -0.15) is 4.98 Å². The Balaban J connectivity index is 1.41. The molecule has 30 heavy (non-hydrogen) atoms. The Bertz CT molecular complexity index is 1070. The largest absolute Gasteiger partial charge is 0.369 e. The highest BCUT2D eigenvalue weighted by Crippen LogP contribution is 2.29. The molecule has 0 atom stereocenters. The maximum absolute atomic E-state index is 12.9. The first kappa shape index (κ1) is 19.1. The van der Waals surface area contributed by atoms with E-state index in [0.717, 1.165) is 55.9 Å². The molecule has 0 radical (unpaired) electrons. The number of hydrogen-bond acceptors (Lipinski definition) is 6. The van der Waals surface area contributed by atoms with E-state index in [4.69, 9.17) is 4.98 Å². The van der Waals surface area contributed by atoms with Gasteiger partial charge in [0.15, 0.2) is 5.65 Å². The van der Waals surface area contributed by atoms with E-state index in [1.807, 2.05) is 4.57 Å². The average molecular weight is 408 g/mol. The van der Waals surface area contributed by atoms with Gasteiger partial charge in [0.1, 0.15) is 5.52 Å². The summed E-state index contributed by atoms with van der Waals surface area (Å²) >= 11 is 0. The van der Waals surface area contributed by atoms with Crippen LogP contribution in [0.25, 0.3) is 11.2 Å². The van der Waals surface area contributed by atoms with Crippen LogP contribution in [-0.2, 0) is 7.05 Å². The number of rotatable bonds is 4. The molecule has 3 aromatic rings. The Morgan fingerprint density at radius 2 is 1.80 bits per heavy atom. The summed E-state index contributed by atoms with van der Waals surface area (Å²) in [5, 5.41) is 6.69. The lowest BCUT2D eigenvalue weighted by molar-refractivity contribution is 0.350. The van der Waals surface area contributed by atoms with Crippen LogP contribution < -0.4 is 21.2 Å². The van der Waals surface area contributed by atoms with Crippen LogP contribution in [0.2, 0.25) is 0 Å². The summed E-state index contributed by atoms with van der Waals surface area (Å²) in [7, 11) is 1.80. The molecule has 5 rings (SSSR count). The molecule has 3 heterocycles. The van der Waals surface area contributed by atoms with Gasteiger partial charge in [-0.1, -0.05) is 19.3 Å². The van der Waals surface area contributed by atoms with E-state index in [1.165, 1.54) is 24.9 Å². The summed E-state index contributed by atoms with van der Waals surface area (Å²) in [4.78, 5) is 24.5. The van der Waals surface area contributed by atoms with Gasteiger partial charge in [-0.3, -0.25) is 9.13 Å². The maximum Gasteiger partial charge on any atom is 0.330 e. The third kappa shape index (κ3) is 3.56. The molecule has 2 fully saturated rings. The predicted octanol–water partition coefficient (Wildman–Crippen LogP) is 2.79. The number of fused-ring (bicyclic) bond motifs is 1. The van der Waals surface area contributed by atoms with Crippen molar-refractivity contribution in [3.8, 4) is 0 Å². The third-order valence-corrected chi connectivity index (χ3v) is 6.38. The zero-order chi connectivity index (χ0) is 20.5. The molecular formula is C22H29N7O. The number of aromatic nitrogens is 4. The number of benzene rings is 1. The number of nitrogens with zero attached hydrogens (tertiary/aromatic N) is 5. The molecule has 0 spiro atoms. The van der Waals surface area contributed by atoms with E-state index >= 15 is 0 Å². The molecule has 0 bridgehead atoms. The van der Waals surface area contributed by atoms with Gasteiger partial charge in [0.25, 0.3) is 0 Å². The molecule has 1 aliphatic heterocycles. The van der Waals surface area contributed by atoms with Gasteiger partial charge in [0, 0.05) is 50.6 Å². The van der Waals surface area contributed by atoms with Crippen molar-refractivity contribution in [2.75, 3.05) is 36.4 Å². The van der Waals surface area contributed by atoms with Crippen LogP contribution in [0.5, 0.6) is 0 Å². The summed E-state index contributed by atoms with van der Waals surface area (Å²) in [6.45, 7) is 4.10. The SMILES string of the molecule is Cn1c(=O)n(C2CCCCC2)c2nc(Nc3ccc(N4CCNCC4)cc3)ncc21. The van der Waals surface area contributed by atoms with Gasteiger partial charge in [0.05, 0.1) is 6.20 Å². The Kier molecular flexibility index (Phi) is 5.16. The molecule has 2 N–H and O–H groups in total. The molecule has 2 aromatic heterocycles. The second-order valence-electron chi connectivity index (χ2n) is 8.31. The Morgan fingerprint density at radius 3 is 2.53 bits per heavy atom. The van der Waals surface area contributed by atoms with Gasteiger partial charge < -0.3 is 15.5 Å². The number of imidazole rings is 1. The van der Waals surface area contributed by atoms with Crippen molar-refractivity contribution in [2.24, 2.45) is 7.05 Å². The summed E-state index contributed by atoms with van der Waals surface area (Å²) in [5.74, 6) is 0.521. The summed E-state index contributed by atoms with van der Waals surface area (Å²) in [6.07, 6.45) is 7.42. The van der Waals surface area contributed by atoms with Crippen LogP contribution in [0.15, 0.2) is 35.3 Å². The number of hydrogen-bond donors (Lipinski definition) is 2. The zero-order valence-corrected chi connectivity index (χ0v) is 17.5. The minimum atomic E-state index is 0.00345. The van der Waals surface area contributed by atoms with E-state index in [9.17, 15) is 4.79 Å². The monoisotopic (exact) mass is 407 g/mol. The molecule has 0 amide bonds. The van der Waals surface area contributed by atoms with Gasteiger partial charge in [0.2, 0.25) is 5.95 Å². The smallest absolute Gasteiger partial charge is 0.330 e. The molecule has 8 heteroatoms. The molecular weight excluding hydrogens is 378 g/mol. The Labute approximate surface area is 175 Å². The van der Waals surface area contributed by atoms with Crippen LogP contribution in [0, 0.1) is 0 Å². The average Bonchev–Trinajstić information content (AvgIpc) is 3.05. The van der Waals surface area contributed by atoms with Crippen molar-refractivity contribution in [3.63, 3.8) is 0 Å². The standard InChI is InChI=1S/C22H29N7O/c1-27-19-15-24-21(26-20(19)29(22(27)30)18-5-3-2-4-6-18)25-16-7-9-17(10-8-16)28-13-11-23-12-14-28/h7-10,15,18,23H,2-6,11-14H2,1H3,(H,24,25,26). The van der Waals surface area contributed by atoms with E-state index in [1.54, 1.807) is 17.8 Å². The normalized spacial score (nSPS) is 18.1. The molecule has 1 saturated heterocycles. The lowest BCUT2D eigenvalue weighted by Crippen LogP contribution is -2.43. The molecule has 8 nitrogen and oxygen atoms in total. The van der Waals surface area contributed by atoms with E-state index < -0.39 is 0 Å². The van der Waals surface area contributed by atoms with Crippen molar-refractivity contribution in [1.82, 2.24) is 24.4 Å². The first-order valence-corrected chi connectivity index (χ1v) is 11.0. The minimum Gasteiger partial charge on any atom is -0.369 e. The van der Waals surface area contributed by atoms with Crippen LogP contribution in [0.1, 0.15) is 38.1 Å². The van der Waals surface area contributed by atoms with Crippen molar-refractivity contribution in [1.29, 1.82) is 0 Å². The quantitative estimate of drug-likeness (QED) is 0.692. The lowest BCUT2D eigenvalue weighted by atomic mass is 9.95. The van der Waals surface area contributed by atoms with E-state index in [0.29, 0.717) is 5.95 Å². The van der Waals surface area contributed by atoms with Gasteiger partial charge in [-0.25, -0.2) is 9.78 Å². The minimum absolute atomic E-state index is 0.00345. The van der Waals surface area contributed by atoms with Crippen molar-refractivity contribution >= 4 is 28.5 Å². The maximum atomic E-state index is 12.9. The molecule has 2 aliphatic rings.